The zero-order chi connectivity index (χ0) is 21.2. The van der Waals surface area contributed by atoms with E-state index < -0.39 is 21.7 Å². The molecule has 150 valence electrons. The molecule has 0 atom stereocenters. The van der Waals surface area contributed by atoms with Crippen LogP contribution in [0.3, 0.4) is 0 Å². The van der Waals surface area contributed by atoms with Gasteiger partial charge in [-0.2, -0.15) is 0 Å². The molecule has 0 aliphatic rings. The van der Waals surface area contributed by atoms with Crippen molar-refractivity contribution in [1.82, 2.24) is 0 Å². The molecule has 3 rings (SSSR count). The molecule has 0 fully saturated rings. The minimum absolute atomic E-state index is 0.0569. The number of amides is 1. The molecule has 0 radical (unpaired) electrons. The predicted octanol–water partition coefficient (Wildman–Crippen LogP) is 4.80. The Labute approximate surface area is 169 Å². The number of sulfonamides is 1. The molecule has 3 aromatic carbocycles. The fourth-order valence-corrected chi connectivity index (χ4v) is 3.91. The lowest BCUT2D eigenvalue weighted by Gasteiger charge is -2.13. The van der Waals surface area contributed by atoms with E-state index in [1.807, 2.05) is 26.0 Å². The number of aryl methyl sites for hydroxylation is 2. The number of anilines is 2. The maximum atomic E-state index is 13.0. The first-order chi connectivity index (χ1) is 13.7. The van der Waals surface area contributed by atoms with Crippen molar-refractivity contribution >= 4 is 27.3 Å². The standard InChI is InChI=1S/C22H21FN2O3S/c1-14-5-4-6-21(16(14)3)24-22(26)20-13-19(12-7-15(20)2)29(27,28)25-18-10-8-17(23)9-11-18/h4-13,25H,1-3H3,(H,24,26). The summed E-state index contributed by atoms with van der Waals surface area (Å²) in [5, 5.41) is 2.85. The molecule has 2 N–H and O–H groups in total. The minimum Gasteiger partial charge on any atom is -0.322 e. The van der Waals surface area contributed by atoms with Crippen LogP contribution in [-0.4, -0.2) is 14.3 Å². The van der Waals surface area contributed by atoms with Gasteiger partial charge in [0.1, 0.15) is 5.82 Å². The quantitative estimate of drug-likeness (QED) is 0.632. The molecule has 3 aromatic rings. The molecule has 0 bridgehead atoms. The first-order valence-electron chi connectivity index (χ1n) is 8.94. The molecule has 1 amide bonds. The van der Waals surface area contributed by atoms with Crippen LogP contribution in [0.5, 0.6) is 0 Å². The molecular weight excluding hydrogens is 391 g/mol. The smallest absolute Gasteiger partial charge is 0.261 e. The highest BCUT2D eigenvalue weighted by Gasteiger charge is 2.19. The van der Waals surface area contributed by atoms with E-state index in [9.17, 15) is 17.6 Å². The summed E-state index contributed by atoms with van der Waals surface area (Å²) in [4.78, 5) is 12.7. The number of benzene rings is 3. The highest BCUT2D eigenvalue weighted by Crippen LogP contribution is 2.22. The monoisotopic (exact) mass is 412 g/mol. The summed E-state index contributed by atoms with van der Waals surface area (Å²) in [6.45, 7) is 5.59. The molecule has 0 heterocycles. The van der Waals surface area contributed by atoms with Crippen molar-refractivity contribution < 1.29 is 17.6 Å². The van der Waals surface area contributed by atoms with Gasteiger partial charge in [0, 0.05) is 16.9 Å². The normalized spacial score (nSPS) is 11.2. The summed E-state index contributed by atoms with van der Waals surface area (Å²) in [6, 6.07) is 14.9. The van der Waals surface area contributed by atoms with Crippen molar-refractivity contribution in [2.24, 2.45) is 0 Å². The van der Waals surface area contributed by atoms with Crippen LogP contribution in [0.25, 0.3) is 0 Å². The Morgan fingerprint density at radius 2 is 1.59 bits per heavy atom. The molecule has 0 aliphatic carbocycles. The van der Waals surface area contributed by atoms with Crippen LogP contribution < -0.4 is 10.0 Å². The summed E-state index contributed by atoms with van der Waals surface area (Å²) < 4.78 is 40.8. The van der Waals surface area contributed by atoms with Crippen molar-refractivity contribution in [3.8, 4) is 0 Å². The Balaban J connectivity index is 1.89. The van der Waals surface area contributed by atoms with E-state index in [-0.39, 0.29) is 16.1 Å². The second kappa shape index (κ2) is 8.05. The molecule has 0 aromatic heterocycles. The Hall–Kier alpha value is -3.19. The van der Waals surface area contributed by atoms with Crippen LogP contribution in [0.2, 0.25) is 0 Å². The Morgan fingerprint density at radius 1 is 0.897 bits per heavy atom. The van der Waals surface area contributed by atoms with Gasteiger partial charge in [-0.25, -0.2) is 12.8 Å². The van der Waals surface area contributed by atoms with Gasteiger partial charge in [-0.05, 0) is 79.9 Å². The lowest BCUT2D eigenvalue weighted by molar-refractivity contribution is 0.102. The van der Waals surface area contributed by atoms with E-state index in [0.717, 1.165) is 23.3 Å². The zero-order valence-corrected chi connectivity index (χ0v) is 17.1. The van der Waals surface area contributed by atoms with E-state index >= 15 is 0 Å². The number of halogens is 1. The maximum Gasteiger partial charge on any atom is 0.261 e. The van der Waals surface area contributed by atoms with E-state index in [1.165, 1.54) is 24.3 Å². The summed E-state index contributed by atoms with van der Waals surface area (Å²) in [6.07, 6.45) is 0. The summed E-state index contributed by atoms with van der Waals surface area (Å²) >= 11 is 0. The van der Waals surface area contributed by atoms with E-state index in [0.29, 0.717) is 11.3 Å². The molecule has 0 saturated heterocycles. The second-order valence-electron chi connectivity index (χ2n) is 6.79. The van der Waals surface area contributed by atoms with Gasteiger partial charge >= 0.3 is 0 Å². The third-order valence-corrected chi connectivity index (χ3v) is 6.09. The van der Waals surface area contributed by atoms with Gasteiger partial charge in [0.2, 0.25) is 0 Å². The van der Waals surface area contributed by atoms with Crippen molar-refractivity contribution in [1.29, 1.82) is 0 Å². The fraction of sp³-hybridized carbons (Fsp3) is 0.136. The number of carbonyl (C=O) groups is 1. The molecule has 0 aliphatic heterocycles. The van der Waals surface area contributed by atoms with E-state index in [2.05, 4.69) is 10.0 Å². The van der Waals surface area contributed by atoms with E-state index in [1.54, 1.807) is 19.1 Å². The Morgan fingerprint density at radius 3 is 2.28 bits per heavy atom. The molecule has 0 spiro atoms. The van der Waals surface area contributed by atoms with Gasteiger partial charge in [-0.1, -0.05) is 18.2 Å². The summed E-state index contributed by atoms with van der Waals surface area (Å²) in [5.41, 5.74) is 3.79. The van der Waals surface area contributed by atoms with Crippen LogP contribution in [-0.2, 0) is 10.0 Å². The highest BCUT2D eigenvalue weighted by molar-refractivity contribution is 7.92. The van der Waals surface area contributed by atoms with Gasteiger partial charge in [0.15, 0.2) is 0 Å². The first-order valence-corrected chi connectivity index (χ1v) is 10.4. The maximum absolute atomic E-state index is 13.0. The van der Waals surface area contributed by atoms with Crippen molar-refractivity contribution in [3.05, 3.63) is 88.7 Å². The van der Waals surface area contributed by atoms with E-state index in [4.69, 9.17) is 0 Å². The lowest BCUT2D eigenvalue weighted by atomic mass is 10.1. The van der Waals surface area contributed by atoms with Crippen LogP contribution in [0.15, 0.2) is 65.6 Å². The van der Waals surface area contributed by atoms with Crippen LogP contribution in [0.4, 0.5) is 15.8 Å². The van der Waals surface area contributed by atoms with Gasteiger partial charge < -0.3 is 5.32 Å². The number of hydrogen-bond acceptors (Lipinski definition) is 3. The van der Waals surface area contributed by atoms with Gasteiger partial charge in [-0.15, -0.1) is 0 Å². The third kappa shape index (κ3) is 4.63. The van der Waals surface area contributed by atoms with Crippen molar-refractivity contribution in [3.63, 3.8) is 0 Å². The zero-order valence-electron chi connectivity index (χ0n) is 16.3. The molecule has 5 nitrogen and oxygen atoms in total. The van der Waals surface area contributed by atoms with Gasteiger partial charge in [0.25, 0.3) is 15.9 Å². The minimum atomic E-state index is -3.94. The van der Waals surface area contributed by atoms with Crippen LogP contribution in [0.1, 0.15) is 27.0 Å². The lowest BCUT2D eigenvalue weighted by Crippen LogP contribution is -2.17. The number of rotatable bonds is 5. The van der Waals surface area contributed by atoms with Crippen molar-refractivity contribution in [2.45, 2.75) is 25.7 Å². The van der Waals surface area contributed by atoms with Crippen molar-refractivity contribution in [2.75, 3.05) is 10.0 Å². The second-order valence-corrected chi connectivity index (χ2v) is 8.47. The van der Waals surface area contributed by atoms with Crippen LogP contribution in [0, 0.1) is 26.6 Å². The Kier molecular flexibility index (Phi) is 5.70. The van der Waals surface area contributed by atoms with Gasteiger partial charge in [-0.3, -0.25) is 9.52 Å². The molecule has 29 heavy (non-hydrogen) atoms. The largest absolute Gasteiger partial charge is 0.322 e. The molecular formula is C22H21FN2O3S. The number of carbonyl (C=O) groups excluding carboxylic acids is 1. The topological polar surface area (TPSA) is 75.3 Å². The highest BCUT2D eigenvalue weighted by atomic mass is 32.2. The summed E-state index contributed by atoms with van der Waals surface area (Å²) in [5.74, 6) is -0.858. The predicted molar refractivity (Wildman–Crippen MR) is 112 cm³/mol. The third-order valence-electron chi connectivity index (χ3n) is 4.71. The fourth-order valence-electron chi connectivity index (χ4n) is 2.82. The van der Waals surface area contributed by atoms with Gasteiger partial charge in [0.05, 0.1) is 4.90 Å². The molecule has 0 saturated carbocycles. The molecule has 7 heteroatoms. The number of nitrogens with one attached hydrogen (secondary N) is 2. The average Bonchev–Trinajstić information content (AvgIpc) is 2.67. The number of hydrogen-bond donors (Lipinski definition) is 2. The SMILES string of the molecule is Cc1ccc(S(=O)(=O)Nc2ccc(F)cc2)cc1C(=O)Nc1cccc(C)c1C. The van der Waals surface area contributed by atoms with Crippen LogP contribution >= 0.6 is 0 Å². The summed E-state index contributed by atoms with van der Waals surface area (Å²) in [7, 11) is -3.94. The average molecular weight is 412 g/mol. The first kappa shape index (κ1) is 20.5. The molecule has 0 unspecified atom stereocenters. The Bertz CT molecular complexity index is 1170.